The molecule has 1 amide bonds. The van der Waals surface area contributed by atoms with Crippen molar-refractivity contribution in [2.45, 2.75) is 6.92 Å². The molecule has 0 radical (unpaired) electrons. The summed E-state index contributed by atoms with van der Waals surface area (Å²) in [6.45, 7) is 1.70. The van der Waals surface area contributed by atoms with E-state index in [9.17, 15) is 4.79 Å². The summed E-state index contributed by atoms with van der Waals surface area (Å²) < 4.78 is 10.7. The van der Waals surface area contributed by atoms with Crippen molar-refractivity contribution in [3.63, 3.8) is 0 Å². The molecular weight excluding hydrogens is 351 g/mol. The van der Waals surface area contributed by atoms with Gasteiger partial charge in [0.2, 0.25) is 0 Å². The molecule has 0 aliphatic carbocycles. The van der Waals surface area contributed by atoms with E-state index in [2.05, 4.69) is 10.5 Å². The number of hydrogen-bond donors (Lipinski definition) is 1. The summed E-state index contributed by atoms with van der Waals surface area (Å²) in [5.41, 5.74) is 3.56. The molecule has 2 aromatic heterocycles. The monoisotopic (exact) mass is 362 g/mol. The van der Waals surface area contributed by atoms with E-state index < -0.39 is 0 Å². The van der Waals surface area contributed by atoms with Crippen LogP contribution >= 0.6 is 23.2 Å². The first kappa shape index (κ1) is 16.4. The molecule has 1 N–H and O–H groups in total. The van der Waals surface area contributed by atoms with Gasteiger partial charge in [0.25, 0.3) is 5.91 Å². The standard InChI is InChI=1S/C17H12Cl2N2O3/c1-10-13(6-7-23-10)17(22)21-20-9-12-3-5-16(24-12)14-4-2-11(18)8-15(14)19/h2-9H,1H3,(H,21,22)/b20-9+. The van der Waals surface area contributed by atoms with Crippen molar-refractivity contribution in [1.82, 2.24) is 5.43 Å². The van der Waals surface area contributed by atoms with Gasteiger partial charge >= 0.3 is 0 Å². The maximum Gasteiger partial charge on any atom is 0.274 e. The van der Waals surface area contributed by atoms with Crippen molar-refractivity contribution in [3.05, 3.63) is 69.8 Å². The first-order valence-corrected chi connectivity index (χ1v) is 7.73. The van der Waals surface area contributed by atoms with Crippen LogP contribution in [-0.2, 0) is 0 Å². The van der Waals surface area contributed by atoms with Gasteiger partial charge in [0.15, 0.2) is 0 Å². The summed E-state index contributed by atoms with van der Waals surface area (Å²) in [5.74, 6) is 1.22. The van der Waals surface area contributed by atoms with E-state index in [4.69, 9.17) is 32.0 Å². The van der Waals surface area contributed by atoms with Gasteiger partial charge in [-0.2, -0.15) is 5.10 Å². The number of rotatable bonds is 4. The normalized spacial score (nSPS) is 11.1. The van der Waals surface area contributed by atoms with Crippen LogP contribution in [0.3, 0.4) is 0 Å². The number of nitrogens with zero attached hydrogens (tertiary/aromatic N) is 1. The molecule has 5 nitrogen and oxygen atoms in total. The van der Waals surface area contributed by atoms with Crippen molar-refractivity contribution >= 4 is 35.3 Å². The SMILES string of the molecule is Cc1occc1C(=O)N/N=C/c1ccc(-c2ccc(Cl)cc2Cl)o1. The average Bonchev–Trinajstić information content (AvgIpc) is 3.16. The maximum atomic E-state index is 11.9. The lowest BCUT2D eigenvalue weighted by Crippen LogP contribution is -2.17. The van der Waals surface area contributed by atoms with Crippen LogP contribution in [0, 0.1) is 6.92 Å². The smallest absolute Gasteiger partial charge is 0.274 e. The van der Waals surface area contributed by atoms with Gasteiger partial charge < -0.3 is 8.83 Å². The molecule has 0 aliphatic rings. The highest BCUT2D eigenvalue weighted by Gasteiger charge is 2.11. The molecule has 0 unspecified atom stereocenters. The third kappa shape index (κ3) is 3.53. The Labute approximate surface area is 147 Å². The van der Waals surface area contributed by atoms with E-state index in [-0.39, 0.29) is 5.91 Å². The predicted molar refractivity (Wildman–Crippen MR) is 92.7 cm³/mol. The van der Waals surface area contributed by atoms with Crippen molar-refractivity contribution in [2.24, 2.45) is 5.10 Å². The van der Waals surface area contributed by atoms with Crippen LogP contribution in [0.2, 0.25) is 10.0 Å². The minimum Gasteiger partial charge on any atom is -0.469 e. The van der Waals surface area contributed by atoms with E-state index >= 15 is 0 Å². The Balaban J connectivity index is 1.70. The highest BCUT2D eigenvalue weighted by Crippen LogP contribution is 2.31. The number of furan rings is 2. The predicted octanol–water partition coefficient (Wildman–Crippen LogP) is 4.92. The molecule has 122 valence electrons. The number of hydrazone groups is 1. The fourth-order valence-corrected chi connectivity index (χ4v) is 2.59. The molecule has 1 aromatic carbocycles. The Bertz CT molecular complexity index is 912. The van der Waals surface area contributed by atoms with Gasteiger partial charge in [-0.15, -0.1) is 0 Å². The van der Waals surface area contributed by atoms with Crippen molar-refractivity contribution in [2.75, 3.05) is 0 Å². The zero-order chi connectivity index (χ0) is 17.1. The Morgan fingerprint density at radius 1 is 1.21 bits per heavy atom. The van der Waals surface area contributed by atoms with Crippen molar-refractivity contribution in [3.8, 4) is 11.3 Å². The van der Waals surface area contributed by atoms with Gasteiger partial charge in [-0.1, -0.05) is 23.2 Å². The average molecular weight is 363 g/mol. The number of nitrogens with one attached hydrogen (secondary N) is 1. The van der Waals surface area contributed by atoms with Crippen LogP contribution in [0.1, 0.15) is 21.9 Å². The molecule has 3 aromatic rings. The minimum absolute atomic E-state index is 0.356. The number of carbonyl (C=O) groups excluding carboxylic acids is 1. The quantitative estimate of drug-likeness (QED) is 0.529. The number of benzene rings is 1. The lowest BCUT2D eigenvalue weighted by Gasteiger charge is -2.00. The van der Waals surface area contributed by atoms with Crippen LogP contribution in [0.5, 0.6) is 0 Å². The van der Waals surface area contributed by atoms with Gasteiger partial charge in [0.05, 0.1) is 23.1 Å². The molecule has 0 aliphatic heterocycles. The number of hydrogen-bond acceptors (Lipinski definition) is 4. The van der Waals surface area contributed by atoms with Crippen LogP contribution in [0.15, 0.2) is 56.6 Å². The maximum absolute atomic E-state index is 11.9. The topological polar surface area (TPSA) is 67.7 Å². The minimum atomic E-state index is -0.356. The molecule has 0 spiro atoms. The van der Waals surface area contributed by atoms with Gasteiger partial charge in [-0.05, 0) is 43.3 Å². The first-order valence-electron chi connectivity index (χ1n) is 6.97. The fraction of sp³-hybridized carbons (Fsp3) is 0.0588. The molecule has 0 fully saturated rings. The van der Waals surface area contributed by atoms with Crippen LogP contribution in [0.4, 0.5) is 0 Å². The molecule has 0 bridgehead atoms. The summed E-state index contributed by atoms with van der Waals surface area (Å²) in [7, 11) is 0. The van der Waals surface area contributed by atoms with Crippen LogP contribution < -0.4 is 5.43 Å². The van der Waals surface area contributed by atoms with Gasteiger partial charge in [-0.25, -0.2) is 5.43 Å². The second kappa shape index (κ2) is 6.95. The van der Waals surface area contributed by atoms with E-state index in [0.29, 0.717) is 32.9 Å². The second-order valence-corrected chi connectivity index (χ2v) is 5.76. The molecule has 24 heavy (non-hydrogen) atoms. The van der Waals surface area contributed by atoms with Crippen molar-refractivity contribution < 1.29 is 13.6 Å². The zero-order valence-corrected chi connectivity index (χ0v) is 14.1. The van der Waals surface area contributed by atoms with Gasteiger partial charge in [-0.3, -0.25) is 4.79 Å². The lowest BCUT2D eigenvalue weighted by atomic mass is 10.2. The molecule has 3 rings (SSSR count). The number of halogens is 2. The summed E-state index contributed by atoms with van der Waals surface area (Å²) in [4.78, 5) is 11.9. The van der Waals surface area contributed by atoms with E-state index in [1.807, 2.05) is 0 Å². The van der Waals surface area contributed by atoms with Crippen LogP contribution in [0.25, 0.3) is 11.3 Å². The summed E-state index contributed by atoms with van der Waals surface area (Å²) in [5, 5.41) is 4.91. The first-order chi connectivity index (χ1) is 11.5. The van der Waals surface area contributed by atoms with Crippen LogP contribution in [-0.4, -0.2) is 12.1 Å². The summed E-state index contributed by atoms with van der Waals surface area (Å²) >= 11 is 12.0. The number of amides is 1. The zero-order valence-electron chi connectivity index (χ0n) is 12.5. The Hall–Kier alpha value is -2.50. The number of carbonyl (C=O) groups is 1. The Kier molecular flexibility index (Phi) is 4.74. The largest absolute Gasteiger partial charge is 0.469 e. The molecular formula is C17H12Cl2N2O3. The second-order valence-electron chi connectivity index (χ2n) is 4.92. The highest BCUT2D eigenvalue weighted by atomic mass is 35.5. The van der Waals surface area contributed by atoms with E-state index in [0.717, 1.165) is 5.56 Å². The van der Waals surface area contributed by atoms with E-state index in [1.54, 1.807) is 43.3 Å². The summed E-state index contributed by atoms with van der Waals surface area (Å²) in [6.07, 6.45) is 2.85. The van der Waals surface area contributed by atoms with E-state index in [1.165, 1.54) is 12.5 Å². The molecule has 0 atom stereocenters. The number of aryl methyl sites for hydroxylation is 1. The summed E-state index contributed by atoms with van der Waals surface area (Å²) in [6, 6.07) is 10.2. The Morgan fingerprint density at radius 3 is 2.75 bits per heavy atom. The molecule has 0 saturated carbocycles. The third-order valence-corrected chi connectivity index (χ3v) is 3.83. The van der Waals surface area contributed by atoms with Gasteiger partial charge in [0.1, 0.15) is 17.3 Å². The Morgan fingerprint density at radius 2 is 2.04 bits per heavy atom. The molecule has 0 saturated heterocycles. The third-order valence-electron chi connectivity index (χ3n) is 3.28. The lowest BCUT2D eigenvalue weighted by molar-refractivity contribution is 0.0953. The highest BCUT2D eigenvalue weighted by molar-refractivity contribution is 6.36. The fourth-order valence-electron chi connectivity index (χ4n) is 2.09. The molecule has 7 heteroatoms. The van der Waals surface area contributed by atoms with Crippen molar-refractivity contribution in [1.29, 1.82) is 0 Å². The molecule has 2 heterocycles. The van der Waals surface area contributed by atoms with Gasteiger partial charge in [0, 0.05) is 10.6 Å².